The van der Waals surface area contributed by atoms with Crippen LogP contribution in [0.1, 0.15) is 31.2 Å². The van der Waals surface area contributed by atoms with Crippen LogP contribution in [0.3, 0.4) is 0 Å². The van der Waals surface area contributed by atoms with Gasteiger partial charge in [-0.3, -0.25) is 9.79 Å². The standard InChI is InChI=1S/C16H21N3OS2/c1-3-13(20)10-22-16-14(18-11-19(16)4-2)15(21)12-7-5-6-8-17-9-12/h5-7,9,11,15,21H,3-4,8,10H2,1-2H3. The number of thiol groups is 1. The fraction of sp³-hybridized carbons (Fsp3) is 0.438. The molecule has 2 rings (SSSR count). The Morgan fingerprint density at radius 1 is 1.50 bits per heavy atom. The zero-order chi connectivity index (χ0) is 15.9. The molecule has 1 atom stereocenters. The van der Waals surface area contributed by atoms with Gasteiger partial charge in [-0.1, -0.05) is 36.9 Å². The zero-order valence-corrected chi connectivity index (χ0v) is 14.6. The molecule has 4 nitrogen and oxygen atoms in total. The summed E-state index contributed by atoms with van der Waals surface area (Å²) < 4.78 is 2.07. The van der Waals surface area contributed by atoms with Gasteiger partial charge < -0.3 is 4.57 Å². The molecule has 1 aromatic heterocycles. The van der Waals surface area contributed by atoms with Crippen molar-refractivity contribution < 1.29 is 4.79 Å². The highest BCUT2D eigenvalue weighted by Gasteiger charge is 2.21. The van der Waals surface area contributed by atoms with Gasteiger partial charge in [-0.2, -0.15) is 12.6 Å². The number of nitrogens with zero attached hydrogens (tertiary/aromatic N) is 3. The van der Waals surface area contributed by atoms with E-state index in [9.17, 15) is 4.79 Å². The zero-order valence-electron chi connectivity index (χ0n) is 12.9. The van der Waals surface area contributed by atoms with Crippen LogP contribution in [0.4, 0.5) is 0 Å². The number of carbonyl (C=O) groups excluding carboxylic acids is 1. The summed E-state index contributed by atoms with van der Waals surface area (Å²) in [6.07, 6.45) is 10.3. The fourth-order valence-corrected chi connectivity index (χ4v) is 3.62. The second-order valence-electron chi connectivity index (χ2n) is 4.89. The first-order valence-electron chi connectivity index (χ1n) is 7.41. The van der Waals surface area contributed by atoms with Crippen molar-refractivity contribution in [1.82, 2.24) is 9.55 Å². The molecule has 0 saturated carbocycles. The van der Waals surface area contributed by atoms with E-state index in [-0.39, 0.29) is 11.0 Å². The van der Waals surface area contributed by atoms with Crippen molar-refractivity contribution in [2.24, 2.45) is 4.99 Å². The van der Waals surface area contributed by atoms with E-state index in [1.54, 1.807) is 11.8 Å². The minimum atomic E-state index is -0.140. The van der Waals surface area contributed by atoms with Gasteiger partial charge in [-0.25, -0.2) is 4.98 Å². The lowest BCUT2D eigenvalue weighted by atomic mass is 10.1. The summed E-state index contributed by atoms with van der Waals surface area (Å²) in [5, 5.41) is 0.880. The molecular weight excluding hydrogens is 314 g/mol. The van der Waals surface area contributed by atoms with Gasteiger partial charge in [0.1, 0.15) is 5.78 Å². The lowest BCUT2D eigenvalue weighted by Crippen LogP contribution is -2.05. The van der Waals surface area contributed by atoms with Crippen LogP contribution in [0.15, 0.2) is 40.1 Å². The van der Waals surface area contributed by atoms with Crippen LogP contribution >= 0.6 is 24.4 Å². The van der Waals surface area contributed by atoms with Gasteiger partial charge in [-0.15, -0.1) is 0 Å². The molecule has 6 heteroatoms. The summed E-state index contributed by atoms with van der Waals surface area (Å²) in [5.74, 6) is 0.719. The highest BCUT2D eigenvalue weighted by atomic mass is 32.2. The number of imidazole rings is 1. The molecule has 118 valence electrons. The predicted molar refractivity (Wildman–Crippen MR) is 96.2 cm³/mol. The smallest absolute Gasteiger partial charge is 0.142 e. The molecule has 0 fully saturated rings. The third-order valence-corrected chi connectivity index (χ3v) is 5.10. The summed E-state index contributed by atoms with van der Waals surface area (Å²) in [4.78, 5) is 20.5. The summed E-state index contributed by atoms with van der Waals surface area (Å²) in [6, 6.07) is 0. The van der Waals surface area contributed by atoms with Crippen molar-refractivity contribution >= 4 is 36.4 Å². The lowest BCUT2D eigenvalue weighted by Gasteiger charge is -2.13. The number of hydrogen-bond acceptors (Lipinski definition) is 5. The van der Waals surface area contributed by atoms with Gasteiger partial charge in [0, 0.05) is 19.2 Å². The summed E-state index contributed by atoms with van der Waals surface area (Å²) >= 11 is 6.28. The van der Waals surface area contributed by atoms with Gasteiger partial charge in [0.2, 0.25) is 0 Å². The minimum absolute atomic E-state index is 0.140. The molecule has 0 bridgehead atoms. The van der Waals surface area contributed by atoms with E-state index in [0.29, 0.717) is 18.7 Å². The maximum atomic E-state index is 11.6. The van der Waals surface area contributed by atoms with E-state index < -0.39 is 0 Å². The van der Waals surface area contributed by atoms with Crippen LogP contribution in [-0.2, 0) is 11.3 Å². The number of aliphatic imine (C=N–C) groups is 1. The van der Waals surface area contributed by atoms with E-state index in [4.69, 9.17) is 12.6 Å². The Balaban J connectivity index is 2.26. The van der Waals surface area contributed by atoms with Crippen LogP contribution in [0.5, 0.6) is 0 Å². The minimum Gasteiger partial charge on any atom is -0.326 e. The molecule has 1 aromatic rings. The van der Waals surface area contributed by atoms with E-state index in [0.717, 1.165) is 22.8 Å². The largest absolute Gasteiger partial charge is 0.326 e. The predicted octanol–water partition coefficient (Wildman–Crippen LogP) is 3.51. The molecule has 22 heavy (non-hydrogen) atoms. The SMILES string of the molecule is CCC(=O)CSc1c(C(S)C2=CC=CCN=C2)ncn1CC. The average molecular weight is 335 g/mol. The Morgan fingerprint density at radius 3 is 3.05 bits per heavy atom. The molecule has 0 aromatic carbocycles. The van der Waals surface area contributed by atoms with Crippen LogP contribution in [0.2, 0.25) is 0 Å². The van der Waals surface area contributed by atoms with Crippen molar-refractivity contribution in [3.05, 3.63) is 35.8 Å². The Bertz CT molecular complexity index is 617. The highest BCUT2D eigenvalue weighted by molar-refractivity contribution is 8.00. The maximum Gasteiger partial charge on any atom is 0.142 e. The Hall–Kier alpha value is -1.27. The molecule has 0 spiro atoms. The van der Waals surface area contributed by atoms with Gasteiger partial charge in [0.25, 0.3) is 0 Å². The first-order valence-corrected chi connectivity index (χ1v) is 8.91. The number of carbonyl (C=O) groups is 1. The fourth-order valence-electron chi connectivity index (χ4n) is 2.03. The molecule has 0 saturated heterocycles. The lowest BCUT2D eigenvalue weighted by molar-refractivity contribution is -0.116. The Kier molecular flexibility index (Phi) is 6.51. The van der Waals surface area contributed by atoms with Crippen molar-refractivity contribution in [3.63, 3.8) is 0 Å². The molecule has 0 radical (unpaired) electrons. The third kappa shape index (κ3) is 4.14. The summed E-state index contributed by atoms with van der Waals surface area (Å²) in [6.45, 7) is 5.47. The number of hydrogen-bond donors (Lipinski definition) is 1. The van der Waals surface area contributed by atoms with E-state index in [2.05, 4.69) is 21.5 Å². The van der Waals surface area contributed by atoms with Crippen molar-refractivity contribution in [1.29, 1.82) is 0 Å². The molecule has 0 amide bonds. The topological polar surface area (TPSA) is 47.2 Å². The maximum absolute atomic E-state index is 11.6. The van der Waals surface area contributed by atoms with Crippen molar-refractivity contribution in [3.8, 4) is 0 Å². The third-order valence-electron chi connectivity index (χ3n) is 3.37. The van der Waals surface area contributed by atoms with Gasteiger partial charge in [0.05, 0.1) is 34.6 Å². The van der Waals surface area contributed by atoms with E-state index in [1.165, 1.54) is 0 Å². The summed E-state index contributed by atoms with van der Waals surface area (Å²) in [7, 11) is 0. The Labute approximate surface area is 141 Å². The second-order valence-corrected chi connectivity index (χ2v) is 6.37. The highest BCUT2D eigenvalue weighted by Crippen LogP contribution is 2.34. The van der Waals surface area contributed by atoms with Gasteiger partial charge in [0.15, 0.2) is 0 Å². The number of Topliss-reactive ketones (excluding diaryl/α,β-unsaturated/α-hetero) is 1. The normalized spacial score (nSPS) is 15.5. The quantitative estimate of drug-likeness (QED) is 0.613. The van der Waals surface area contributed by atoms with Crippen LogP contribution in [0, 0.1) is 0 Å². The number of aromatic nitrogens is 2. The molecule has 0 N–H and O–H groups in total. The van der Waals surface area contributed by atoms with Crippen LogP contribution < -0.4 is 0 Å². The first kappa shape index (κ1) is 17.1. The monoisotopic (exact) mass is 335 g/mol. The van der Waals surface area contributed by atoms with Crippen molar-refractivity contribution in [2.75, 3.05) is 12.3 Å². The second kappa shape index (κ2) is 8.39. The molecule has 2 heterocycles. The van der Waals surface area contributed by atoms with Crippen molar-refractivity contribution in [2.45, 2.75) is 37.1 Å². The first-order chi connectivity index (χ1) is 10.7. The number of ketones is 1. The molecule has 1 aliphatic heterocycles. The molecule has 1 unspecified atom stereocenters. The van der Waals surface area contributed by atoms with E-state index >= 15 is 0 Å². The molecular formula is C16H21N3OS2. The number of allylic oxidation sites excluding steroid dienone is 2. The summed E-state index contributed by atoms with van der Waals surface area (Å²) in [5.41, 5.74) is 1.91. The van der Waals surface area contributed by atoms with Gasteiger partial charge >= 0.3 is 0 Å². The molecule has 1 aliphatic rings. The molecule has 0 aliphatic carbocycles. The van der Waals surface area contributed by atoms with E-state index in [1.807, 2.05) is 37.7 Å². The number of rotatable bonds is 7. The van der Waals surface area contributed by atoms with Crippen LogP contribution in [0.25, 0.3) is 0 Å². The Morgan fingerprint density at radius 2 is 2.32 bits per heavy atom. The van der Waals surface area contributed by atoms with Crippen LogP contribution in [-0.4, -0.2) is 33.8 Å². The average Bonchev–Trinajstić information content (AvgIpc) is 2.75. The number of thioether (sulfide) groups is 1. The van der Waals surface area contributed by atoms with Gasteiger partial charge in [-0.05, 0) is 12.5 Å². The number of aryl methyl sites for hydroxylation is 1.